The minimum atomic E-state index is -4.90. The second-order valence-electron chi connectivity index (χ2n) is 4.31. The van der Waals surface area contributed by atoms with E-state index in [0.29, 0.717) is 5.56 Å². The molecule has 0 bridgehead atoms. The molecule has 0 aliphatic rings. The zero-order chi connectivity index (χ0) is 15.9. The highest BCUT2D eigenvalue weighted by Crippen LogP contribution is 2.38. The molecule has 0 amide bonds. The predicted molar refractivity (Wildman–Crippen MR) is 71.5 cm³/mol. The van der Waals surface area contributed by atoms with Gasteiger partial charge in [0.15, 0.2) is 0 Å². The molecule has 21 heavy (non-hydrogen) atoms. The summed E-state index contributed by atoms with van der Waals surface area (Å²) in [6, 6.07) is 8.30. The lowest BCUT2D eigenvalue weighted by atomic mass is 9.98. The number of rotatable bonds is 7. The average Bonchev–Trinajstić information content (AvgIpc) is 2.43. The summed E-state index contributed by atoms with van der Waals surface area (Å²) in [5, 5.41) is 0. The van der Waals surface area contributed by atoms with Crippen molar-refractivity contribution in [2.75, 3.05) is 6.61 Å². The number of ether oxygens (including phenoxy) is 2. The molecule has 1 aromatic rings. The van der Waals surface area contributed by atoms with E-state index in [-0.39, 0.29) is 13.2 Å². The quantitative estimate of drug-likeness (QED) is 0.570. The number of carbonyl (C=O) groups excluding carboxylic acids is 1. The maximum absolute atomic E-state index is 13.4. The van der Waals surface area contributed by atoms with E-state index < -0.39 is 24.2 Å². The second kappa shape index (κ2) is 7.26. The minimum Gasteiger partial charge on any atom is -0.464 e. The van der Waals surface area contributed by atoms with Crippen molar-refractivity contribution in [1.82, 2.24) is 0 Å². The summed E-state index contributed by atoms with van der Waals surface area (Å²) >= 11 is 0. The molecule has 116 valence electrons. The van der Waals surface area contributed by atoms with Gasteiger partial charge in [-0.15, -0.1) is 6.58 Å². The van der Waals surface area contributed by atoms with Gasteiger partial charge in [-0.3, -0.25) is 0 Å². The van der Waals surface area contributed by atoms with Crippen LogP contribution in [0.3, 0.4) is 0 Å². The number of hydrogen-bond donors (Lipinski definition) is 0. The van der Waals surface area contributed by atoms with Crippen molar-refractivity contribution in [2.24, 2.45) is 0 Å². The average molecular weight is 302 g/mol. The highest BCUT2D eigenvalue weighted by atomic mass is 19.4. The third-order valence-corrected chi connectivity index (χ3v) is 2.82. The fraction of sp³-hybridized carbons (Fsp3) is 0.400. The van der Waals surface area contributed by atoms with Crippen molar-refractivity contribution in [3.63, 3.8) is 0 Å². The van der Waals surface area contributed by atoms with Crippen LogP contribution >= 0.6 is 0 Å². The van der Waals surface area contributed by atoms with Crippen LogP contribution in [0, 0.1) is 0 Å². The molecule has 0 spiro atoms. The summed E-state index contributed by atoms with van der Waals surface area (Å²) in [6.45, 7) is 4.19. The van der Waals surface area contributed by atoms with Crippen molar-refractivity contribution in [1.29, 1.82) is 0 Å². The van der Waals surface area contributed by atoms with E-state index >= 15 is 0 Å². The predicted octanol–water partition coefficient (Wildman–Crippen LogP) is 3.64. The summed E-state index contributed by atoms with van der Waals surface area (Å²) < 4.78 is 49.6. The SMILES string of the molecule is C=CCC(OCc1ccccc1)(C(=O)OCC)C(F)(F)F. The van der Waals surface area contributed by atoms with E-state index in [1.807, 2.05) is 0 Å². The Hall–Kier alpha value is -1.82. The molecule has 0 aliphatic heterocycles. The third kappa shape index (κ3) is 4.07. The molecular formula is C15H17F3O3. The summed E-state index contributed by atoms with van der Waals surface area (Å²) in [5.41, 5.74) is -2.50. The van der Waals surface area contributed by atoms with Crippen molar-refractivity contribution in [3.05, 3.63) is 48.6 Å². The zero-order valence-electron chi connectivity index (χ0n) is 11.7. The standard InChI is InChI=1S/C15H17F3O3/c1-3-10-14(15(16,17)18,13(19)20-4-2)21-11-12-8-6-5-7-9-12/h3,5-9H,1,4,10-11H2,2H3. The Morgan fingerprint density at radius 1 is 1.29 bits per heavy atom. The number of halogens is 3. The van der Waals surface area contributed by atoms with E-state index in [1.54, 1.807) is 30.3 Å². The number of hydrogen-bond acceptors (Lipinski definition) is 3. The van der Waals surface area contributed by atoms with Crippen molar-refractivity contribution < 1.29 is 27.4 Å². The summed E-state index contributed by atoms with van der Waals surface area (Å²) in [7, 11) is 0. The van der Waals surface area contributed by atoms with Gasteiger partial charge in [-0.05, 0) is 12.5 Å². The third-order valence-electron chi connectivity index (χ3n) is 2.82. The number of benzene rings is 1. The Kier molecular flexibility index (Phi) is 5.96. The van der Waals surface area contributed by atoms with Gasteiger partial charge in [0.2, 0.25) is 0 Å². The van der Waals surface area contributed by atoms with Crippen LogP contribution in [-0.2, 0) is 20.9 Å². The number of carbonyl (C=O) groups is 1. The molecule has 0 N–H and O–H groups in total. The van der Waals surface area contributed by atoms with Crippen molar-refractivity contribution in [2.45, 2.75) is 31.7 Å². The molecule has 0 aliphatic carbocycles. The molecule has 3 nitrogen and oxygen atoms in total. The highest BCUT2D eigenvalue weighted by molar-refractivity contribution is 5.81. The molecule has 0 saturated heterocycles. The van der Waals surface area contributed by atoms with E-state index in [0.717, 1.165) is 6.08 Å². The van der Waals surface area contributed by atoms with Gasteiger partial charge in [0.05, 0.1) is 13.2 Å². The van der Waals surface area contributed by atoms with Gasteiger partial charge in [-0.25, -0.2) is 4.79 Å². The fourth-order valence-corrected chi connectivity index (χ4v) is 1.75. The van der Waals surface area contributed by atoms with Gasteiger partial charge in [0, 0.05) is 6.42 Å². The molecule has 0 fully saturated rings. The second-order valence-corrected chi connectivity index (χ2v) is 4.31. The van der Waals surface area contributed by atoms with Crippen LogP contribution in [0.1, 0.15) is 18.9 Å². The lowest BCUT2D eigenvalue weighted by Gasteiger charge is -2.32. The molecule has 6 heteroatoms. The van der Waals surface area contributed by atoms with Gasteiger partial charge < -0.3 is 9.47 Å². The Morgan fingerprint density at radius 2 is 1.90 bits per heavy atom. The van der Waals surface area contributed by atoms with Crippen LogP contribution in [0.5, 0.6) is 0 Å². The van der Waals surface area contributed by atoms with E-state index in [9.17, 15) is 18.0 Å². The minimum absolute atomic E-state index is 0.164. The summed E-state index contributed by atoms with van der Waals surface area (Å²) in [4.78, 5) is 11.8. The van der Waals surface area contributed by atoms with E-state index in [1.165, 1.54) is 6.92 Å². The molecule has 0 radical (unpaired) electrons. The monoisotopic (exact) mass is 302 g/mol. The molecule has 1 aromatic carbocycles. The Labute approximate surface area is 121 Å². The van der Waals surface area contributed by atoms with Gasteiger partial charge in [0.1, 0.15) is 0 Å². The number of esters is 1. The summed E-state index contributed by atoms with van der Waals surface area (Å²) in [6.07, 6.45) is -4.61. The first kappa shape index (κ1) is 17.2. The molecule has 0 saturated carbocycles. The maximum Gasteiger partial charge on any atom is 0.428 e. The van der Waals surface area contributed by atoms with Crippen LogP contribution < -0.4 is 0 Å². The zero-order valence-corrected chi connectivity index (χ0v) is 11.7. The first-order chi connectivity index (χ1) is 9.87. The molecular weight excluding hydrogens is 285 g/mol. The van der Waals surface area contributed by atoms with Gasteiger partial charge >= 0.3 is 12.1 Å². The van der Waals surface area contributed by atoms with Crippen molar-refractivity contribution >= 4 is 5.97 Å². The van der Waals surface area contributed by atoms with Crippen LogP contribution in [0.2, 0.25) is 0 Å². The van der Waals surface area contributed by atoms with Gasteiger partial charge in [-0.1, -0.05) is 36.4 Å². The molecule has 1 rings (SSSR count). The Balaban J connectivity index is 3.04. The normalized spacial score (nSPS) is 14.3. The first-order valence-electron chi connectivity index (χ1n) is 6.40. The Morgan fingerprint density at radius 3 is 2.38 bits per heavy atom. The fourth-order valence-electron chi connectivity index (χ4n) is 1.75. The number of alkyl halides is 3. The lowest BCUT2D eigenvalue weighted by Crippen LogP contribution is -2.54. The van der Waals surface area contributed by atoms with E-state index in [4.69, 9.17) is 4.74 Å². The van der Waals surface area contributed by atoms with Crippen LogP contribution in [0.4, 0.5) is 13.2 Å². The van der Waals surface area contributed by atoms with Crippen LogP contribution in [0.15, 0.2) is 43.0 Å². The van der Waals surface area contributed by atoms with Crippen LogP contribution in [0.25, 0.3) is 0 Å². The van der Waals surface area contributed by atoms with Gasteiger partial charge in [0.25, 0.3) is 5.60 Å². The lowest BCUT2D eigenvalue weighted by molar-refractivity contribution is -0.279. The maximum atomic E-state index is 13.4. The Bertz CT molecular complexity index is 471. The molecule has 0 aromatic heterocycles. The smallest absolute Gasteiger partial charge is 0.428 e. The molecule has 1 unspecified atom stereocenters. The van der Waals surface area contributed by atoms with Crippen LogP contribution in [-0.4, -0.2) is 24.4 Å². The topological polar surface area (TPSA) is 35.5 Å². The summed E-state index contributed by atoms with van der Waals surface area (Å²) in [5.74, 6) is -1.45. The first-order valence-corrected chi connectivity index (χ1v) is 6.40. The van der Waals surface area contributed by atoms with Gasteiger partial charge in [-0.2, -0.15) is 13.2 Å². The largest absolute Gasteiger partial charge is 0.464 e. The van der Waals surface area contributed by atoms with E-state index in [2.05, 4.69) is 11.3 Å². The molecule has 1 atom stereocenters. The highest BCUT2D eigenvalue weighted by Gasteiger charge is 2.62. The molecule has 0 heterocycles. The van der Waals surface area contributed by atoms with Crippen molar-refractivity contribution in [3.8, 4) is 0 Å².